The molecule has 1 atom stereocenters. The van der Waals surface area contributed by atoms with E-state index in [1.165, 1.54) is 12.1 Å². The predicted molar refractivity (Wildman–Crippen MR) is 99.3 cm³/mol. The molecule has 0 aromatic heterocycles. The summed E-state index contributed by atoms with van der Waals surface area (Å²) in [5.74, 6) is -0.947. The number of hydrogen-bond acceptors (Lipinski definition) is 3. The van der Waals surface area contributed by atoms with Crippen LogP contribution in [0.3, 0.4) is 0 Å². The molecule has 0 aliphatic carbocycles. The van der Waals surface area contributed by atoms with Gasteiger partial charge in [0.1, 0.15) is 11.9 Å². The summed E-state index contributed by atoms with van der Waals surface area (Å²) < 4.78 is 14.1. The summed E-state index contributed by atoms with van der Waals surface area (Å²) in [6.07, 6.45) is 0. The number of hydrogen-bond donors (Lipinski definition) is 2. The second-order valence-corrected chi connectivity index (χ2v) is 6.18. The lowest BCUT2D eigenvalue weighted by Gasteiger charge is -2.27. The Morgan fingerprint density at radius 2 is 1.85 bits per heavy atom. The number of urea groups is 1. The van der Waals surface area contributed by atoms with Gasteiger partial charge in [-0.1, -0.05) is 48.0 Å². The standard InChI is InChI=1S/C19H21ClFN3O2/c1-3-22-19(26)23-18(25)17(13-8-5-4-6-9-13)24(2)12-14-15(20)10-7-11-16(14)21/h4-11,17H,3,12H2,1-2H3,(H2,22,23,25,26)/t17-/m0/s1. The molecule has 3 amide bonds. The van der Waals surface area contributed by atoms with E-state index in [-0.39, 0.29) is 11.6 Å². The Hall–Kier alpha value is -2.44. The minimum atomic E-state index is -0.783. The number of benzene rings is 2. The van der Waals surface area contributed by atoms with Gasteiger partial charge in [0.2, 0.25) is 5.91 Å². The number of nitrogens with zero attached hydrogens (tertiary/aromatic N) is 1. The molecule has 0 radical (unpaired) electrons. The third-order valence-electron chi connectivity index (χ3n) is 3.85. The fourth-order valence-electron chi connectivity index (χ4n) is 2.65. The number of rotatable bonds is 6. The molecule has 2 N–H and O–H groups in total. The predicted octanol–water partition coefficient (Wildman–Crippen LogP) is 3.50. The van der Waals surface area contributed by atoms with Gasteiger partial charge in [-0.3, -0.25) is 15.0 Å². The fraction of sp³-hybridized carbons (Fsp3) is 0.263. The van der Waals surface area contributed by atoms with Gasteiger partial charge in [-0.2, -0.15) is 0 Å². The first-order valence-electron chi connectivity index (χ1n) is 8.20. The zero-order valence-electron chi connectivity index (χ0n) is 14.6. The van der Waals surface area contributed by atoms with Crippen LogP contribution in [0.15, 0.2) is 48.5 Å². The van der Waals surface area contributed by atoms with E-state index in [4.69, 9.17) is 11.6 Å². The lowest BCUT2D eigenvalue weighted by molar-refractivity contribution is -0.125. The summed E-state index contributed by atoms with van der Waals surface area (Å²) in [7, 11) is 1.68. The second-order valence-electron chi connectivity index (χ2n) is 5.78. The normalized spacial score (nSPS) is 11.9. The van der Waals surface area contributed by atoms with Crippen LogP contribution < -0.4 is 10.6 Å². The minimum absolute atomic E-state index is 0.105. The van der Waals surface area contributed by atoms with E-state index in [1.807, 2.05) is 6.07 Å². The fourth-order valence-corrected chi connectivity index (χ4v) is 2.87. The summed E-state index contributed by atoms with van der Waals surface area (Å²) in [5.41, 5.74) is 0.979. The first-order valence-corrected chi connectivity index (χ1v) is 8.58. The van der Waals surface area contributed by atoms with Crippen LogP contribution in [0.1, 0.15) is 24.1 Å². The zero-order chi connectivity index (χ0) is 19.1. The van der Waals surface area contributed by atoms with Crippen LogP contribution in [-0.2, 0) is 11.3 Å². The van der Waals surface area contributed by atoms with E-state index in [0.29, 0.717) is 17.7 Å². The van der Waals surface area contributed by atoms with Crippen LogP contribution in [0.2, 0.25) is 5.02 Å². The molecule has 2 rings (SSSR count). The number of halogens is 2. The molecule has 138 valence electrons. The number of amides is 3. The SMILES string of the molecule is CCNC(=O)NC(=O)[C@H](c1ccccc1)N(C)Cc1c(F)cccc1Cl. The Kier molecular flexibility index (Phi) is 7.12. The molecular weight excluding hydrogens is 357 g/mol. The van der Waals surface area contributed by atoms with Crippen LogP contribution in [0.5, 0.6) is 0 Å². The molecule has 0 fully saturated rings. The van der Waals surface area contributed by atoms with Gasteiger partial charge in [-0.15, -0.1) is 0 Å². The number of carbonyl (C=O) groups excluding carboxylic acids is 2. The van der Waals surface area contributed by atoms with E-state index in [9.17, 15) is 14.0 Å². The van der Waals surface area contributed by atoms with Gasteiger partial charge < -0.3 is 5.32 Å². The molecule has 5 nitrogen and oxygen atoms in total. The monoisotopic (exact) mass is 377 g/mol. The van der Waals surface area contributed by atoms with E-state index in [0.717, 1.165) is 0 Å². The number of nitrogens with one attached hydrogen (secondary N) is 2. The Bertz CT molecular complexity index is 750. The molecule has 0 saturated heterocycles. The van der Waals surface area contributed by atoms with Gasteiger partial charge in [-0.25, -0.2) is 9.18 Å². The van der Waals surface area contributed by atoms with Crippen molar-refractivity contribution in [2.75, 3.05) is 13.6 Å². The molecule has 0 aliphatic heterocycles. The molecule has 2 aromatic carbocycles. The third-order valence-corrected chi connectivity index (χ3v) is 4.20. The average Bonchev–Trinajstić information content (AvgIpc) is 2.59. The Balaban J connectivity index is 2.28. The smallest absolute Gasteiger partial charge is 0.321 e. The van der Waals surface area contributed by atoms with Crippen LogP contribution in [0.4, 0.5) is 9.18 Å². The van der Waals surface area contributed by atoms with Gasteiger partial charge in [0.15, 0.2) is 0 Å². The molecule has 2 aromatic rings. The number of carbonyl (C=O) groups is 2. The molecule has 26 heavy (non-hydrogen) atoms. The van der Waals surface area contributed by atoms with Crippen LogP contribution in [0.25, 0.3) is 0 Å². The van der Waals surface area contributed by atoms with Crippen molar-refractivity contribution in [3.8, 4) is 0 Å². The molecular formula is C19H21ClFN3O2. The van der Waals surface area contributed by atoms with Crippen molar-refractivity contribution >= 4 is 23.5 Å². The topological polar surface area (TPSA) is 61.4 Å². The largest absolute Gasteiger partial charge is 0.338 e. The van der Waals surface area contributed by atoms with Gasteiger partial charge in [-0.05, 0) is 31.7 Å². The Morgan fingerprint density at radius 3 is 2.46 bits per heavy atom. The van der Waals surface area contributed by atoms with Gasteiger partial charge >= 0.3 is 6.03 Å². The highest BCUT2D eigenvalue weighted by Gasteiger charge is 2.27. The molecule has 0 heterocycles. The lowest BCUT2D eigenvalue weighted by atomic mass is 10.0. The highest BCUT2D eigenvalue weighted by Crippen LogP contribution is 2.26. The van der Waals surface area contributed by atoms with Gasteiger partial charge in [0.05, 0.1) is 0 Å². The first kappa shape index (κ1) is 19.9. The van der Waals surface area contributed by atoms with E-state index in [1.54, 1.807) is 49.2 Å². The minimum Gasteiger partial charge on any atom is -0.338 e. The van der Waals surface area contributed by atoms with Crippen LogP contribution in [-0.4, -0.2) is 30.4 Å². The van der Waals surface area contributed by atoms with Crippen molar-refractivity contribution in [1.82, 2.24) is 15.5 Å². The molecule has 0 spiro atoms. The molecule has 0 aliphatic rings. The first-order chi connectivity index (χ1) is 12.4. The van der Waals surface area contributed by atoms with Crippen molar-refractivity contribution in [1.29, 1.82) is 0 Å². The quantitative estimate of drug-likeness (QED) is 0.810. The van der Waals surface area contributed by atoms with E-state index < -0.39 is 23.8 Å². The highest BCUT2D eigenvalue weighted by molar-refractivity contribution is 6.31. The zero-order valence-corrected chi connectivity index (χ0v) is 15.4. The van der Waals surface area contributed by atoms with Crippen molar-refractivity contribution in [3.63, 3.8) is 0 Å². The van der Waals surface area contributed by atoms with Crippen molar-refractivity contribution in [3.05, 3.63) is 70.5 Å². The molecule has 7 heteroatoms. The molecule has 0 unspecified atom stereocenters. The maximum absolute atomic E-state index is 14.1. The lowest BCUT2D eigenvalue weighted by Crippen LogP contribution is -2.45. The van der Waals surface area contributed by atoms with Gasteiger partial charge in [0.25, 0.3) is 0 Å². The number of imide groups is 1. The van der Waals surface area contributed by atoms with Gasteiger partial charge in [0, 0.05) is 23.7 Å². The average molecular weight is 378 g/mol. The summed E-state index contributed by atoms with van der Waals surface area (Å²) in [4.78, 5) is 26.1. The van der Waals surface area contributed by atoms with Crippen molar-refractivity contribution in [2.45, 2.75) is 19.5 Å². The van der Waals surface area contributed by atoms with Crippen molar-refractivity contribution in [2.24, 2.45) is 0 Å². The van der Waals surface area contributed by atoms with Crippen molar-refractivity contribution < 1.29 is 14.0 Å². The Labute approximate surface area is 157 Å². The van der Waals surface area contributed by atoms with E-state index >= 15 is 0 Å². The highest BCUT2D eigenvalue weighted by atomic mass is 35.5. The molecule has 0 bridgehead atoms. The summed E-state index contributed by atoms with van der Waals surface area (Å²) in [6, 6.07) is 12.1. The number of likely N-dealkylation sites (N-methyl/N-ethyl adjacent to an activating group) is 1. The Morgan fingerprint density at radius 1 is 1.15 bits per heavy atom. The van der Waals surface area contributed by atoms with Crippen LogP contribution in [0, 0.1) is 5.82 Å². The maximum Gasteiger partial charge on any atom is 0.321 e. The third kappa shape index (κ3) is 5.03. The maximum atomic E-state index is 14.1. The van der Waals surface area contributed by atoms with Crippen LogP contribution >= 0.6 is 11.6 Å². The molecule has 0 saturated carbocycles. The summed E-state index contributed by atoms with van der Waals surface area (Å²) >= 11 is 6.10. The second kappa shape index (κ2) is 9.31. The summed E-state index contributed by atoms with van der Waals surface area (Å²) in [6.45, 7) is 2.26. The van der Waals surface area contributed by atoms with E-state index in [2.05, 4.69) is 10.6 Å². The summed E-state index contributed by atoms with van der Waals surface area (Å²) in [5, 5.41) is 5.12.